The van der Waals surface area contributed by atoms with Gasteiger partial charge in [0, 0.05) is 16.9 Å². The Bertz CT molecular complexity index is 2240. The number of hydrogen-bond donors (Lipinski definition) is 1. The average Bonchev–Trinajstić information content (AvgIpc) is 3.09. The summed E-state index contributed by atoms with van der Waals surface area (Å²) >= 11 is 0. The van der Waals surface area contributed by atoms with Crippen LogP contribution in [0.25, 0.3) is 65.7 Å². The molecule has 0 aliphatic rings. The van der Waals surface area contributed by atoms with Crippen molar-refractivity contribution in [1.82, 2.24) is 0 Å². The smallest absolute Gasteiger partial charge is 0.0464 e. The maximum Gasteiger partial charge on any atom is 0.0464 e. The SMILES string of the molecule is c1ccc(-c2cc(-c3ccc4ccc5ccccc5c4c3)ccc2Nc2ccc(-c3cccc4ccccc34)cc2)cc1. The fourth-order valence-corrected chi connectivity index (χ4v) is 6.24. The van der Waals surface area contributed by atoms with Crippen LogP contribution in [-0.2, 0) is 0 Å². The Balaban J connectivity index is 1.17. The Morgan fingerprint density at radius 1 is 0.302 bits per heavy atom. The molecule has 8 aromatic carbocycles. The predicted molar refractivity (Wildman–Crippen MR) is 185 cm³/mol. The van der Waals surface area contributed by atoms with Crippen molar-refractivity contribution in [2.45, 2.75) is 0 Å². The highest BCUT2D eigenvalue weighted by Crippen LogP contribution is 2.37. The van der Waals surface area contributed by atoms with Gasteiger partial charge in [0.2, 0.25) is 0 Å². The van der Waals surface area contributed by atoms with E-state index >= 15 is 0 Å². The van der Waals surface area contributed by atoms with Gasteiger partial charge in [-0.2, -0.15) is 0 Å². The highest BCUT2D eigenvalue weighted by molar-refractivity contribution is 6.08. The first-order valence-corrected chi connectivity index (χ1v) is 14.8. The number of anilines is 2. The van der Waals surface area contributed by atoms with Gasteiger partial charge < -0.3 is 5.32 Å². The van der Waals surface area contributed by atoms with Crippen molar-refractivity contribution in [2.24, 2.45) is 0 Å². The lowest BCUT2D eigenvalue weighted by molar-refractivity contribution is 1.52. The van der Waals surface area contributed by atoms with E-state index in [4.69, 9.17) is 0 Å². The van der Waals surface area contributed by atoms with Crippen LogP contribution in [-0.4, -0.2) is 0 Å². The molecule has 0 aliphatic carbocycles. The highest BCUT2D eigenvalue weighted by Gasteiger charge is 2.11. The molecule has 0 saturated carbocycles. The van der Waals surface area contributed by atoms with Crippen LogP contribution in [0, 0.1) is 0 Å². The molecule has 1 heteroatoms. The molecular weight excluding hydrogens is 518 g/mol. The largest absolute Gasteiger partial charge is 0.355 e. The molecule has 202 valence electrons. The summed E-state index contributed by atoms with van der Waals surface area (Å²) in [5.41, 5.74) is 9.38. The van der Waals surface area contributed by atoms with Crippen LogP contribution in [0.2, 0.25) is 0 Å². The molecule has 0 aliphatic heterocycles. The molecule has 1 N–H and O–H groups in total. The summed E-state index contributed by atoms with van der Waals surface area (Å²) in [4.78, 5) is 0. The summed E-state index contributed by atoms with van der Waals surface area (Å²) in [5.74, 6) is 0. The number of rotatable bonds is 5. The van der Waals surface area contributed by atoms with Gasteiger partial charge in [0.15, 0.2) is 0 Å². The van der Waals surface area contributed by atoms with Crippen molar-refractivity contribution in [3.05, 3.63) is 170 Å². The van der Waals surface area contributed by atoms with E-state index in [0.29, 0.717) is 0 Å². The van der Waals surface area contributed by atoms with Crippen LogP contribution in [0.5, 0.6) is 0 Å². The summed E-state index contributed by atoms with van der Waals surface area (Å²) < 4.78 is 0. The zero-order valence-corrected chi connectivity index (χ0v) is 23.7. The lowest BCUT2D eigenvalue weighted by atomic mass is 9.94. The zero-order valence-electron chi connectivity index (χ0n) is 23.7. The Kier molecular flexibility index (Phi) is 6.20. The van der Waals surface area contributed by atoms with Crippen LogP contribution < -0.4 is 5.32 Å². The molecule has 0 saturated heterocycles. The summed E-state index contributed by atoms with van der Waals surface area (Å²) in [6.45, 7) is 0. The average molecular weight is 548 g/mol. The first kappa shape index (κ1) is 25.1. The van der Waals surface area contributed by atoms with E-state index in [2.05, 4.69) is 175 Å². The van der Waals surface area contributed by atoms with Gasteiger partial charge in [0.1, 0.15) is 0 Å². The fourth-order valence-electron chi connectivity index (χ4n) is 6.24. The topological polar surface area (TPSA) is 12.0 Å². The Morgan fingerprint density at radius 2 is 0.860 bits per heavy atom. The normalized spacial score (nSPS) is 11.3. The molecule has 0 atom stereocenters. The molecule has 0 unspecified atom stereocenters. The van der Waals surface area contributed by atoms with E-state index in [1.807, 2.05) is 0 Å². The van der Waals surface area contributed by atoms with Crippen molar-refractivity contribution < 1.29 is 0 Å². The molecule has 43 heavy (non-hydrogen) atoms. The molecule has 0 radical (unpaired) electrons. The van der Waals surface area contributed by atoms with Crippen LogP contribution in [0.1, 0.15) is 0 Å². The van der Waals surface area contributed by atoms with Gasteiger partial charge >= 0.3 is 0 Å². The van der Waals surface area contributed by atoms with Crippen molar-refractivity contribution in [2.75, 3.05) is 5.32 Å². The Morgan fingerprint density at radius 3 is 1.67 bits per heavy atom. The first-order valence-electron chi connectivity index (χ1n) is 14.8. The van der Waals surface area contributed by atoms with Gasteiger partial charge in [0.25, 0.3) is 0 Å². The molecule has 0 bridgehead atoms. The summed E-state index contributed by atoms with van der Waals surface area (Å²) in [6.07, 6.45) is 0. The minimum absolute atomic E-state index is 1.06. The van der Waals surface area contributed by atoms with E-state index in [-0.39, 0.29) is 0 Å². The minimum Gasteiger partial charge on any atom is -0.355 e. The zero-order chi connectivity index (χ0) is 28.6. The first-order chi connectivity index (χ1) is 21.3. The summed E-state index contributed by atoms with van der Waals surface area (Å²) in [7, 11) is 0. The van der Waals surface area contributed by atoms with Crippen molar-refractivity contribution in [3.8, 4) is 33.4 Å². The lowest BCUT2D eigenvalue weighted by Gasteiger charge is -2.16. The van der Waals surface area contributed by atoms with Gasteiger partial charge in [-0.15, -0.1) is 0 Å². The Labute approximate surface area is 251 Å². The van der Waals surface area contributed by atoms with E-state index in [0.717, 1.165) is 11.4 Å². The summed E-state index contributed by atoms with van der Waals surface area (Å²) in [5, 5.41) is 11.3. The van der Waals surface area contributed by atoms with E-state index in [9.17, 15) is 0 Å². The monoisotopic (exact) mass is 547 g/mol. The predicted octanol–water partition coefficient (Wildman–Crippen LogP) is 11.9. The highest BCUT2D eigenvalue weighted by atomic mass is 14.9. The molecule has 0 fully saturated rings. The third kappa shape index (κ3) is 4.71. The van der Waals surface area contributed by atoms with Crippen molar-refractivity contribution in [3.63, 3.8) is 0 Å². The summed E-state index contributed by atoms with van der Waals surface area (Å²) in [6, 6.07) is 61.1. The van der Waals surface area contributed by atoms with Crippen LogP contribution in [0.15, 0.2) is 170 Å². The van der Waals surface area contributed by atoms with E-state index < -0.39 is 0 Å². The van der Waals surface area contributed by atoms with Crippen molar-refractivity contribution in [1.29, 1.82) is 0 Å². The Hall–Kier alpha value is -5.66. The van der Waals surface area contributed by atoms with E-state index in [1.165, 1.54) is 65.7 Å². The van der Waals surface area contributed by atoms with Crippen LogP contribution in [0.3, 0.4) is 0 Å². The molecule has 1 nitrogen and oxygen atoms in total. The molecule has 0 amide bonds. The quantitative estimate of drug-likeness (QED) is 0.211. The second-order valence-corrected chi connectivity index (χ2v) is 11.1. The molecule has 8 aromatic rings. The third-order valence-electron chi connectivity index (χ3n) is 8.45. The lowest BCUT2D eigenvalue weighted by Crippen LogP contribution is -1.94. The number of fused-ring (bicyclic) bond motifs is 4. The number of nitrogens with one attached hydrogen (secondary N) is 1. The van der Waals surface area contributed by atoms with Gasteiger partial charge in [-0.25, -0.2) is 0 Å². The van der Waals surface area contributed by atoms with Crippen LogP contribution >= 0.6 is 0 Å². The molecule has 0 spiro atoms. The molecule has 8 rings (SSSR count). The third-order valence-corrected chi connectivity index (χ3v) is 8.45. The van der Waals surface area contributed by atoms with E-state index in [1.54, 1.807) is 0 Å². The number of benzene rings is 8. The standard InChI is InChI=1S/C42H29N/c1-2-9-30(10-3-1)41-28-35(34-20-19-33-18-17-31-12-5-7-15-39(31)40(33)27-34)23-26-42(41)43-36-24-21-32(22-25-36)38-16-8-13-29-11-4-6-14-37(29)38/h1-28,43H. The van der Waals surface area contributed by atoms with Crippen LogP contribution in [0.4, 0.5) is 11.4 Å². The second-order valence-electron chi connectivity index (χ2n) is 11.1. The maximum atomic E-state index is 3.72. The minimum atomic E-state index is 1.06. The molecule has 0 aromatic heterocycles. The number of hydrogen-bond acceptors (Lipinski definition) is 1. The second kappa shape index (κ2) is 10.6. The molecular formula is C42H29N. The van der Waals surface area contributed by atoms with Gasteiger partial charge in [0.05, 0.1) is 0 Å². The maximum absolute atomic E-state index is 3.72. The van der Waals surface area contributed by atoms with Crippen molar-refractivity contribution >= 4 is 43.7 Å². The van der Waals surface area contributed by atoms with Gasteiger partial charge in [-0.05, 0) is 90.5 Å². The molecule has 0 heterocycles. The fraction of sp³-hybridized carbons (Fsp3) is 0. The van der Waals surface area contributed by atoms with Gasteiger partial charge in [-0.3, -0.25) is 0 Å². The van der Waals surface area contributed by atoms with Gasteiger partial charge in [-0.1, -0.05) is 140 Å².